The van der Waals surface area contributed by atoms with E-state index in [0.717, 1.165) is 18.4 Å². The number of carbonyl (C=O) groups excluding carboxylic acids is 2. The second kappa shape index (κ2) is 10.9. The summed E-state index contributed by atoms with van der Waals surface area (Å²) < 4.78 is 0. The van der Waals surface area contributed by atoms with Crippen molar-refractivity contribution in [3.63, 3.8) is 0 Å². The number of nitrogen functional groups attached to an aromatic ring is 1. The molecular weight excluding hydrogens is 452 g/mol. The number of benzene rings is 1. The molecule has 34 heavy (non-hydrogen) atoms. The van der Waals surface area contributed by atoms with Crippen LogP contribution in [0.3, 0.4) is 0 Å². The minimum absolute atomic E-state index is 0.000542. The molecule has 2 atom stereocenters. The van der Waals surface area contributed by atoms with Crippen LogP contribution in [-0.2, 0) is 20.8 Å². The van der Waals surface area contributed by atoms with Gasteiger partial charge in [-0.05, 0) is 42.5 Å². The summed E-state index contributed by atoms with van der Waals surface area (Å²) in [7, 11) is 0. The number of aliphatic carboxylic acids is 1. The predicted molar refractivity (Wildman–Crippen MR) is 134 cm³/mol. The van der Waals surface area contributed by atoms with Crippen LogP contribution in [0, 0.1) is 5.92 Å². The zero-order valence-corrected chi connectivity index (χ0v) is 20.3. The van der Waals surface area contributed by atoms with Gasteiger partial charge in [0.15, 0.2) is 0 Å². The third-order valence-corrected chi connectivity index (χ3v) is 7.04. The molecule has 1 aromatic heterocycles. The third-order valence-electron chi connectivity index (χ3n) is 6.20. The van der Waals surface area contributed by atoms with Crippen LogP contribution >= 0.6 is 12.6 Å². The lowest BCUT2D eigenvalue weighted by Crippen LogP contribution is -2.61. The van der Waals surface area contributed by atoms with Crippen molar-refractivity contribution >= 4 is 36.1 Å². The molecule has 1 fully saturated rings. The summed E-state index contributed by atoms with van der Waals surface area (Å²) in [6, 6.07) is 9.76. The SMILES string of the molecule is CC(C)[C@H](S)C(=O)NC1(C(=O)NC(Cc2ccc(-c3cccc(N)c3)nc2)C(=O)O)CCCC1. The van der Waals surface area contributed by atoms with Crippen LogP contribution in [-0.4, -0.2) is 44.7 Å². The van der Waals surface area contributed by atoms with Gasteiger partial charge in [-0.25, -0.2) is 4.79 Å². The number of nitrogens with zero attached hydrogens (tertiary/aromatic N) is 1. The molecule has 1 aliphatic rings. The first-order valence-corrected chi connectivity index (χ1v) is 12.0. The van der Waals surface area contributed by atoms with E-state index in [9.17, 15) is 19.5 Å². The number of amides is 2. The summed E-state index contributed by atoms with van der Waals surface area (Å²) in [4.78, 5) is 42.2. The van der Waals surface area contributed by atoms with Crippen molar-refractivity contribution in [3.05, 3.63) is 48.2 Å². The van der Waals surface area contributed by atoms with E-state index in [0.29, 0.717) is 29.8 Å². The lowest BCUT2D eigenvalue weighted by molar-refractivity contribution is -0.143. The number of rotatable bonds is 9. The monoisotopic (exact) mass is 484 g/mol. The minimum Gasteiger partial charge on any atom is -0.480 e. The molecule has 0 spiro atoms. The number of nitrogens with two attached hydrogens (primary N) is 1. The number of carbonyl (C=O) groups is 3. The first-order chi connectivity index (χ1) is 16.1. The first-order valence-electron chi connectivity index (χ1n) is 11.5. The Hall–Kier alpha value is -3.07. The summed E-state index contributed by atoms with van der Waals surface area (Å²) in [6.07, 6.45) is 4.15. The van der Waals surface area contributed by atoms with Gasteiger partial charge in [-0.2, -0.15) is 12.6 Å². The van der Waals surface area contributed by atoms with Crippen molar-refractivity contribution in [2.24, 2.45) is 5.92 Å². The fourth-order valence-corrected chi connectivity index (χ4v) is 4.21. The molecule has 3 rings (SSSR count). The van der Waals surface area contributed by atoms with Gasteiger partial charge < -0.3 is 21.5 Å². The van der Waals surface area contributed by atoms with Crippen molar-refractivity contribution in [1.82, 2.24) is 15.6 Å². The van der Waals surface area contributed by atoms with Gasteiger partial charge in [-0.1, -0.05) is 44.9 Å². The van der Waals surface area contributed by atoms with Gasteiger partial charge in [0.1, 0.15) is 11.6 Å². The summed E-state index contributed by atoms with van der Waals surface area (Å²) >= 11 is 4.36. The summed E-state index contributed by atoms with van der Waals surface area (Å²) in [6.45, 7) is 3.76. The second-order valence-corrected chi connectivity index (χ2v) is 9.77. The van der Waals surface area contributed by atoms with Crippen LogP contribution in [0.5, 0.6) is 0 Å². The molecule has 9 heteroatoms. The van der Waals surface area contributed by atoms with Gasteiger partial charge in [0, 0.05) is 23.9 Å². The Morgan fingerprint density at radius 2 is 1.88 bits per heavy atom. The third kappa shape index (κ3) is 6.08. The number of hydrogen-bond donors (Lipinski definition) is 5. The molecule has 1 aliphatic carbocycles. The lowest BCUT2D eigenvalue weighted by Gasteiger charge is -2.32. The van der Waals surface area contributed by atoms with E-state index in [1.165, 1.54) is 0 Å². The Bertz CT molecular complexity index is 1040. The van der Waals surface area contributed by atoms with Crippen LogP contribution in [0.2, 0.25) is 0 Å². The average molecular weight is 485 g/mol. The molecular formula is C25H32N4O4S. The average Bonchev–Trinajstić information content (AvgIpc) is 3.28. The van der Waals surface area contributed by atoms with Crippen molar-refractivity contribution in [2.45, 2.75) is 62.8 Å². The van der Waals surface area contributed by atoms with E-state index >= 15 is 0 Å². The highest BCUT2D eigenvalue weighted by atomic mass is 32.1. The Labute approximate surface area is 205 Å². The molecule has 0 radical (unpaired) electrons. The maximum Gasteiger partial charge on any atom is 0.326 e. The molecule has 0 saturated heterocycles. The van der Waals surface area contributed by atoms with Crippen LogP contribution < -0.4 is 16.4 Å². The number of pyridine rings is 1. The summed E-state index contributed by atoms with van der Waals surface area (Å²) in [5.74, 6) is -1.94. The number of nitrogens with one attached hydrogen (secondary N) is 2. The van der Waals surface area contributed by atoms with E-state index in [1.54, 1.807) is 24.4 Å². The zero-order valence-electron chi connectivity index (χ0n) is 19.5. The van der Waals surface area contributed by atoms with E-state index in [-0.39, 0.29) is 18.2 Å². The van der Waals surface area contributed by atoms with Crippen molar-refractivity contribution in [3.8, 4) is 11.3 Å². The molecule has 1 heterocycles. The fraction of sp³-hybridized carbons (Fsp3) is 0.440. The standard InChI is InChI=1S/C25H32N4O4S/c1-15(2)21(34)22(30)29-25(10-3-4-11-25)24(33)28-20(23(31)32)12-16-8-9-19(27-14-16)17-6-5-7-18(26)13-17/h5-9,13-15,20-21,34H,3-4,10-12,26H2,1-2H3,(H,28,33)(H,29,30)(H,31,32)/t20?,21-/m0/s1. The topological polar surface area (TPSA) is 134 Å². The molecule has 1 aromatic carbocycles. The van der Waals surface area contributed by atoms with Gasteiger partial charge in [-0.15, -0.1) is 0 Å². The molecule has 2 amide bonds. The highest BCUT2D eigenvalue weighted by Crippen LogP contribution is 2.31. The van der Waals surface area contributed by atoms with E-state index in [4.69, 9.17) is 5.73 Å². The van der Waals surface area contributed by atoms with Crippen molar-refractivity contribution < 1.29 is 19.5 Å². The van der Waals surface area contributed by atoms with E-state index in [1.807, 2.05) is 32.0 Å². The Kier molecular flexibility index (Phi) is 8.19. The lowest BCUT2D eigenvalue weighted by atomic mass is 9.94. The van der Waals surface area contributed by atoms with Gasteiger partial charge in [0.25, 0.3) is 0 Å². The molecule has 0 bridgehead atoms. The number of hydrogen-bond acceptors (Lipinski definition) is 6. The Morgan fingerprint density at radius 1 is 1.18 bits per heavy atom. The van der Waals surface area contributed by atoms with Gasteiger partial charge in [0.05, 0.1) is 10.9 Å². The van der Waals surface area contributed by atoms with Crippen molar-refractivity contribution in [2.75, 3.05) is 5.73 Å². The molecule has 182 valence electrons. The Balaban J connectivity index is 1.71. The van der Waals surface area contributed by atoms with Gasteiger partial charge in [-0.3, -0.25) is 14.6 Å². The van der Waals surface area contributed by atoms with E-state index < -0.39 is 28.7 Å². The van der Waals surface area contributed by atoms with Crippen molar-refractivity contribution in [1.29, 1.82) is 0 Å². The molecule has 1 saturated carbocycles. The maximum absolute atomic E-state index is 13.2. The normalized spacial score (nSPS) is 16.6. The summed E-state index contributed by atoms with van der Waals surface area (Å²) in [5.41, 5.74) is 7.58. The van der Waals surface area contributed by atoms with Crippen LogP contribution in [0.25, 0.3) is 11.3 Å². The Morgan fingerprint density at radius 3 is 2.44 bits per heavy atom. The summed E-state index contributed by atoms with van der Waals surface area (Å²) in [5, 5.41) is 14.7. The molecule has 0 aliphatic heterocycles. The number of carboxylic acids is 1. The van der Waals surface area contributed by atoms with Gasteiger partial charge in [0.2, 0.25) is 11.8 Å². The number of thiol groups is 1. The van der Waals surface area contributed by atoms with Crippen LogP contribution in [0.4, 0.5) is 5.69 Å². The van der Waals surface area contributed by atoms with Crippen LogP contribution in [0.15, 0.2) is 42.6 Å². The number of aromatic nitrogens is 1. The molecule has 8 nitrogen and oxygen atoms in total. The molecule has 5 N–H and O–H groups in total. The van der Waals surface area contributed by atoms with Gasteiger partial charge >= 0.3 is 5.97 Å². The smallest absolute Gasteiger partial charge is 0.326 e. The fourth-order valence-electron chi connectivity index (χ4n) is 4.15. The molecule has 2 aromatic rings. The maximum atomic E-state index is 13.2. The minimum atomic E-state index is -1.15. The number of carboxylic acid groups (broad SMARTS) is 1. The second-order valence-electron chi connectivity index (χ2n) is 9.21. The highest BCUT2D eigenvalue weighted by Gasteiger charge is 2.44. The largest absolute Gasteiger partial charge is 0.480 e. The zero-order chi connectivity index (χ0) is 24.9. The number of anilines is 1. The molecule has 1 unspecified atom stereocenters. The highest BCUT2D eigenvalue weighted by molar-refractivity contribution is 7.81. The van der Waals surface area contributed by atoms with Crippen LogP contribution in [0.1, 0.15) is 45.1 Å². The predicted octanol–water partition coefficient (Wildman–Crippen LogP) is 2.83. The van der Waals surface area contributed by atoms with E-state index in [2.05, 4.69) is 28.2 Å². The first kappa shape index (κ1) is 25.6. The quantitative estimate of drug-likeness (QED) is 0.274.